The Labute approximate surface area is 250 Å². The Kier molecular flexibility index (Phi) is 10.1. The maximum absolute atomic E-state index is 14.0. The predicted octanol–water partition coefficient (Wildman–Crippen LogP) is 7.66. The molecule has 0 bridgehead atoms. The van der Waals surface area contributed by atoms with Crippen LogP contribution >= 0.6 is 0 Å². The van der Waals surface area contributed by atoms with E-state index < -0.39 is 0 Å². The third kappa shape index (κ3) is 7.72. The average molecular weight is 557 g/mol. The van der Waals surface area contributed by atoms with Crippen LogP contribution in [0.5, 0.6) is 0 Å². The van der Waals surface area contributed by atoms with Gasteiger partial charge in [0, 0.05) is 50.2 Å². The fourth-order valence-corrected chi connectivity index (χ4v) is 5.80. The molecule has 1 fully saturated rings. The first kappa shape index (κ1) is 29.2. The van der Waals surface area contributed by atoms with Crippen LogP contribution in [-0.4, -0.2) is 39.8 Å². The van der Waals surface area contributed by atoms with E-state index in [9.17, 15) is 4.79 Å². The summed E-state index contributed by atoms with van der Waals surface area (Å²) in [5, 5.41) is 9.10. The molecule has 2 heterocycles. The Morgan fingerprint density at radius 2 is 1.45 bits per heavy atom. The van der Waals surface area contributed by atoms with Crippen molar-refractivity contribution in [3.8, 4) is 17.2 Å². The summed E-state index contributed by atoms with van der Waals surface area (Å²) < 4.78 is 0. The lowest BCUT2D eigenvalue weighted by Gasteiger charge is -2.39. The second-order valence-corrected chi connectivity index (χ2v) is 11.3. The fraction of sp³-hybridized carbons (Fsp3) is 0.324. The smallest absolute Gasteiger partial charge is 0.254 e. The van der Waals surface area contributed by atoms with Gasteiger partial charge < -0.3 is 4.90 Å². The molecular weight excluding hydrogens is 516 g/mol. The lowest BCUT2D eigenvalue weighted by Crippen LogP contribution is -2.46. The van der Waals surface area contributed by atoms with E-state index in [0.29, 0.717) is 12.1 Å². The molecule has 1 aliphatic heterocycles. The first-order chi connectivity index (χ1) is 20.6. The number of benzene rings is 3. The number of rotatable bonds is 11. The maximum atomic E-state index is 14.0. The van der Waals surface area contributed by atoms with E-state index >= 15 is 0 Å². The van der Waals surface area contributed by atoms with Crippen LogP contribution in [0.2, 0.25) is 0 Å². The molecule has 0 radical (unpaired) electrons. The lowest BCUT2D eigenvalue weighted by molar-refractivity contribution is 0.0543. The highest BCUT2D eigenvalue weighted by Gasteiger charge is 2.29. The maximum Gasteiger partial charge on any atom is 0.254 e. The number of aryl methyl sites for hydroxylation is 1. The molecule has 0 saturated carbocycles. The van der Waals surface area contributed by atoms with Crippen LogP contribution in [0, 0.1) is 11.3 Å². The van der Waals surface area contributed by atoms with Crippen molar-refractivity contribution < 1.29 is 4.79 Å². The number of hydrogen-bond acceptors (Lipinski definition) is 4. The summed E-state index contributed by atoms with van der Waals surface area (Å²) >= 11 is 0. The highest BCUT2D eigenvalue weighted by atomic mass is 16.2. The third-order valence-electron chi connectivity index (χ3n) is 8.34. The van der Waals surface area contributed by atoms with Gasteiger partial charge in [-0.3, -0.25) is 14.7 Å². The van der Waals surface area contributed by atoms with E-state index in [2.05, 4.69) is 76.3 Å². The minimum Gasteiger partial charge on any atom is -0.331 e. The molecule has 0 atom stereocenters. The fourth-order valence-electron chi connectivity index (χ4n) is 5.80. The van der Waals surface area contributed by atoms with Gasteiger partial charge in [0.25, 0.3) is 5.91 Å². The zero-order valence-electron chi connectivity index (χ0n) is 24.6. The Morgan fingerprint density at radius 3 is 2.07 bits per heavy atom. The van der Waals surface area contributed by atoms with Crippen LogP contribution in [0.3, 0.4) is 0 Å². The van der Waals surface area contributed by atoms with E-state index in [-0.39, 0.29) is 11.9 Å². The van der Waals surface area contributed by atoms with Crippen LogP contribution in [0.25, 0.3) is 11.1 Å². The van der Waals surface area contributed by atoms with Crippen molar-refractivity contribution in [2.75, 3.05) is 13.1 Å². The van der Waals surface area contributed by atoms with Crippen molar-refractivity contribution in [3.05, 3.63) is 125 Å². The SMILES string of the molecule is CCCCCc1ccc(C(=O)N(Cc2ccc(-c3ccc(C#N)cc3)cc2)C2CCN(Cc3ccncc3)CC2)cc1. The molecule has 3 aromatic carbocycles. The molecule has 0 spiro atoms. The van der Waals surface area contributed by atoms with Crippen molar-refractivity contribution in [3.63, 3.8) is 0 Å². The Balaban J connectivity index is 1.30. The predicted molar refractivity (Wildman–Crippen MR) is 169 cm³/mol. The quantitative estimate of drug-likeness (QED) is 0.178. The van der Waals surface area contributed by atoms with Gasteiger partial charge in [0.1, 0.15) is 0 Å². The monoisotopic (exact) mass is 556 g/mol. The number of carbonyl (C=O) groups excluding carboxylic acids is 1. The van der Waals surface area contributed by atoms with E-state index in [1.807, 2.05) is 48.8 Å². The van der Waals surface area contributed by atoms with Gasteiger partial charge in [-0.1, -0.05) is 68.3 Å². The summed E-state index contributed by atoms with van der Waals surface area (Å²) in [7, 11) is 0. The molecule has 214 valence electrons. The van der Waals surface area contributed by atoms with Gasteiger partial charge in [0.2, 0.25) is 0 Å². The summed E-state index contributed by atoms with van der Waals surface area (Å²) in [5.41, 5.74) is 7.30. The van der Waals surface area contributed by atoms with Gasteiger partial charge in [0.15, 0.2) is 0 Å². The number of amides is 1. The molecule has 0 unspecified atom stereocenters. The van der Waals surface area contributed by atoms with Gasteiger partial charge >= 0.3 is 0 Å². The second kappa shape index (κ2) is 14.6. The molecule has 5 rings (SSSR count). The van der Waals surface area contributed by atoms with Crippen molar-refractivity contribution >= 4 is 5.91 Å². The summed E-state index contributed by atoms with van der Waals surface area (Å²) in [6.45, 7) is 5.65. The second-order valence-electron chi connectivity index (χ2n) is 11.3. The Hall–Kier alpha value is -4.27. The molecule has 5 nitrogen and oxygen atoms in total. The van der Waals surface area contributed by atoms with E-state index in [4.69, 9.17) is 5.26 Å². The molecule has 1 aliphatic rings. The number of hydrogen-bond donors (Lipinski definition) is 0. The number of unbranched alkanes of at least 4 members (excludes halogenated alkanes) is 2. The first-order valence-corrected chi connectivity index (χ1v) is 15.2. The number of likely N-dealkylation sites (tertiary alicyclic amines) is 1. The van der Waals surface area contributed by atoms with Crippen LogP contribution in [0.4, 0.5) is 0 Å². The minimum absolute atomic E-state index is 0.110. The van der Waals surface area contributed by atoms with Gasteiger partial charge in [0.05, 0.1) is 11.6 Å². The van der Waals surface area contributed by atoms with Gasteiger partial charge in [-0.05, 0) is 89.9 Å². The number of carbonyl (C=O) groups is 1. The summed E-state index contributed by atoms with van der Waals surface area (Å²) in [5.74, 6) is 0.110. The minimum atomic E-state index is 0.110. The molecule has 0 aliphatic carbocycles. The standard InChI is InChI=1S/C37H40N4O/c1-2-3-4-5-29-6-16-35(17-7-29)37(42)41(36-20-24-40(25-21-36)27-32-18-22-39-23-19-32)28-31-10-14-34(15-11-31)33-12-8-30(26-38)9-13-33/h6-19,22-23,36H,2-5,20-21,24-25,27-28H2,1H3. The van der Waals surface area contributed by atoms with Crippen LogP contribution in [0.1, 0.15) is 71.6 Å². The summed E-state index contributed by atoms with van der Waals surface area (Å²) in [6.07, 6.45) is 10.3. The molecule has 42 heavy (non-hydrogen) atoms. The van der Waals surface area contributed by atoms with E-state index in [0.717, 1.165) is 61.2 Å². The molecule has 5 heteroatoms. The average Bonchev–Trinajstić information content (AvgIpc) is 3.05. The molecule has 1 amide bonds. The topological polar surface area (TPSA) is 60.2 Å². The summed E-state index contributed by atoms with van der Waals surface area (Å²) in [4.78, 5) is 22.7. The summed E-state index contributed by atoms with van der Waals surface area (Å²) in [6, 6.07) is 31.0. The number of nitrogens with zero attached hydrogens (tertiary/aromatic N) is 4. The number of pyridine rings is 1. The molecule has 0 N–H and O–H groups in total. The van der Waals surface area contributed by atoms with Crippen molar-refractivity contribution in [1.29, 1.82) is 5.26 Å². The molecule has 1 saturated heterocycles. The van der Waals surface area contributed by atoms with Crippen LogP contribution < -0.4 is 0 Å². The highest BCUT2D eigenvalue weighted by Crippen LogP contribution is 2.25. The largest absolute Gasteiger partial charge is 0.331 e. The highest BCUT2D eigenvalue weighted by molar-refractivity contribution is 5.94. The van der Waals surface area contributed by atoms with Crippen LogP contribution in [-0.2, 0) is 19.5 Å². The Bertz CT molecular complexity index is 1450. The number of nitriles is 1. The van der Waals surface area contributed by atoms with E-state index in [1.165, 1.54) is 30.4 Å². The number of aromatic nitrogens is 1. The normalized spacial score (nSPS) is 13.9. The van der Waals surface area contributed by atoms with Crippen molar-refractivity contribution in [1.82, 2.24) is 14.8 Å². The van der Waals surface area contributed by atoms with Gasteiger partial charge in [-0.25, -0.2) is 0 Å². The first-order valence-electron chi connectivity index (χ1n) is 15.2. The van der Waals surface area contributed by atoms with Gasteiger partial charge in [-0.2, -0.15) is 5.26 Å². The Morgan fingerprint density at radius 1 is 0.833 bits per heavy atom. The zero-order chi connectivity index (χ0) is 29.1. The van der Waals surface area contributed by atoms with Crippen molar-refractivity contribution in [2.24, 2.45) is 0 Å². The molecular formula is C37H40N4O. The lowest BCUT2D eigenvalue weighted by atomic mass is 9.98. The zero-order valence-corrected chi connectivity index (χ0v) is 24.6. The van der Waals surface area contributed by atoms with Crippen LogP contribution in [0.15, 0.2) is 97.3 Å². The third-order valence-corrected chi connectivity index (χ3v) is 8.34. The number of piperidine rings is 1. The van der Waals surface area contributed by atoms with Gasteiger partial charge in [-0.15, -0.1) is 0 Å². The molecule has 1 aromatic heterocycles. The van der Waals surface area contributed by atoms with Crippen molar-refractivity contribution in [2.45, 2.75) is 64.6 Å². The molecule has 4 aromatic rings. The van der Waals surface area contributed by atoms with E-state index in [1.54, 1.807) is 0 Å².